The van der Waals surface area contributed by atoms with Crippen molar-refractivity contribution in [3.63, 3.8) is 0 Å². The molecule has 1 aromatic carbocycles. The van der Waals surface area contributed by atoms with Crippen LogP contribution in [0.5, 0.6) is 0 Å². The predicted molar refractivity (Wildman–Crippen MR) is 198 cm³/mol. The fraction of sp³-hybridized carbons (Fsp3) is 0.429. The van der Waals surface area contributed by atoms with E-state index in [9.17, 15) is 40.7 Å². The first-order chi connectivity index (χ1) is 27.9. The van der Waals surface area contributed by atoms with Gasteiger partial charge in [0.15, 0.2) is 11.5 Å². The molecule has 0 aliphatic carbocycles. The number of piperidine rings is 1. The number of carboxylic acid groups (broad SMARTS) is 1. The van der Waals surface area contributed by atoms with Crippen LogP contribution in [0.15, 0.2) is 42.9 Å². The number of ether oxygens (including phenoxy) is 1. The normalized spacial score (nSPS) is 15.0. The van der Waals surface area contributed by atoms with Gasteiger partial charge in [-0.15, -0.1) is 0 Å². The lowest BCUT2D eigenvalue weighted by Gasteiger charge is -2.37. The number of carbonyl (C=O) groups excluding carboxylic acids is 3. The van der Waals surface area contributed by atoms with Gasteiger partial charge in [0, 0.05) is 70.9 Å². The third kappa shape index (κ3) is 11.0. The van der Waals surface area contributed by atoms with E-state index in [0.717, 1.165) is 43.0 Å². The van der Waals surface area contributed by atoms with Gasteiger partial charge in [-0.2, -0.15) is 36.4 Å². The van der Waals surface area contributed by atoms with Gasteiger partial charge in [-0.3, -0.25) is 14.4 Å². The largest absolute Gasteiger partial charge is 0.490 e. The van der Waals surface area contributed by atoms with Crippen molar-refractivity contribution in [2.24, 2.45) is 13.0 Å². The van der Waals surface area contributed by atoms with E-state index in [4.69, 9.17) is 26.2 Å². The topological polar surface area (TPSA) is 202 Å². The van der Waals surface area contributed by atoms with E-state index in [2.05, 4.69) is 36.0 Å². The number of carbonyl (C=O) groups is 4. The van der Waals surface area contributed by atoms with Crippen LogP contribution in [-0.4, -0.2) is 134 Å². The van der Waals surface area contributed by atoms with Crippen molar-refractivity contribution >= 4 is 46.8 Å². The average molecular weight is 858 g/mol. The number of nitrogens with zero attached hydrogens (tertiary/aromatic N) is 8. The molecule has 4 N–H and O–H groups in total. The first kappa shape index (κ1) is 44.3. The van der Waals surface area contributed by atoms with Gasteiger partial charge in [-0.1, -0.05) is 11.6 Å². The summed E-state index contributed by atoms with van der Waals surface area (Å²) >= 11 is 6.50. The van der Waals surface area contributed by atoms with E-state index < -0.39 is 29.9 Å². The van der Waals surface area contributed by atoms with Gasteiger partial charge in [0.25, 0.3) is 17.8 Å². The number of carboxylic acids is 1. The summed E-state index contributed by atoms with van der Waals surface area (Å²) in [6, 6.07) is 5.96. The number of anilines is 2. The Bertz CT molecular complexity index is 2150. The molecule has 2 fully saturated rings. The number of imidazole rings is 1. The maximum Gasteiger partial charge on any atom is 0.490 e. The maximum absolute atomic E-state index is 14.2. The lowest BCUT2D eigenvalue weighted by molar-refractivity contribution is -0.192. The second kappa shape index (κ2) is 18.8. The molecule has 3 amide bonds. The monoisotopic (exact) mass is 857 g/mol. The van der Waals surface area contributed by atoms with Gasteiger partial charge in [-0.25, -0.2) is 19.4 Å². The van der Waals surface area contributed by atoms with Crippen molar-refractivity contribution < 1.29 is 55.4 Å². The number of methoxy groups -OCH3 is 1. The smallest absolute Gasteiger partial charge is 0.475 e. The number of aliphatic carboxylic acids is 1. The molecule has 59 heavy (non-hydrogen) atoms. The molecule has 4 aromatic rings. The summed E-state index contributed by atoms with van der Waals surface area (Å²) in [5, 5.41) is 19.8. The number of nitrogens with one attached hydrogen (secondary N) is 3. The summed E-state index contributed by atoms with van der Waals surface area (Å²) in [6.45, 7) is 4.06. The Balaban J connectivity index is 0.000000867. The number of aromatic nitrogens is 6. The zero-order valence-corrected chi connectivity index (χ0v) is 32.2. The molecule has 3 aromatic heterocycles. The Morgan fingerprint density at radius 3 is 2.27 bits per heavy atom. The third-order valence-electron chi connectivity index (χ3n) is 9.18. The van der Waals surface area contributed by atoms with E-state index in [-0.39, 0.29) is 57.0 Å². The number of halogens is 7. The van der Waals surface area contributed by atoms with Crippen molar-refractivity contribution in [2.75, 3.05) is 70.2 Å². The van der Waals surface area contributed by atoms with Crippen molar-refractivity contribution in [3.05, 3.63) is 65.0 Å². The molecule has 6 rings (SSSR count). The average Bonchev–Trinajstić information content (AvgIpc) is 3.82. The molecule has 318 valence electrons. The SMILES string of the molecule is COCCNc1ccnc(-n2cc(-c3cnc(C(=O)Nc4ccc(C(=O)N5CCN(C(=O)C6CCNCC6)CC5)c(Cl)c4)n3C)c(C(F)(F)F)n2)n1.O=C(O)C(F)(F)F. The highest BCUT2D eigenvalue weighted by molar-refractivity contribution is 6.34. The lowest BCUT2D eigenvalue weighted by Crippen LogP contribution is -2.52. The van der Waals surface area contributed by atoms with Crippen molar-refractivity contribution in [2.45, 2.75) is 25.2 Å². The van der Waals surface area contributed by atoms with E-state index in [0.29, 0.717) is 45.1 Å². The van der Waals surface area contributed by atoms with Crippen molar-refractivity contribution in [1.29, 1.82) is 0 Å². The second-order valence-corrected chi connectivity index (χ2v) is 13.5. The van der Waals surface area contributed by atoms with Crippen LogP contribution in [0.1, 0.15) is 39.5 Å². The molecule has 2 aliphatic heterocycles. The molecule has 2 saturated heterocycles. The van der Waals surface area contributed by atoms with Crippen LogP contribution in [0, 0.1) is 5.92 Å². The van der Waals surface area contributed by atoms with E-state index >= 15 is 0 Å². The Hall–Kier alpha value is -5.81. The van der Waals surface area contributed by atoms with E-state index in [1.54, 1.807) is 11.0 Å². The molecular weight excluding hydrogens is 820 g/mol. The molecule has 0 radical (unpaired) electrons. The number of hydrogen-bond donors (Lipinski definition) is 4. The van der Waals surface area contributed by atoms with E-state index in [1.165, 1.54) is 43.1 Å². The van der Waals surface area contributed by atoms with Crippen molar-refractivity contribution in [1.82, 2.24) is 44.4 Å². The minimum absolute atomic E-state index is 0.00692. The van der Waals surface area contributed by atoms with Gasteiger partial charge in [0.1, 0.15) is 5.82 Å². The van der Waals surface area contributed by atoms with Crippen LogP contribution in [0.3, 0.4) is 0 Å². The molecule has 24 heteroatoms. The van der Waals surface area contributed by atoms with Crippen LogP contribution >= 0.6 is 11.6 Å². The molecular formula is C35H38ClF6N11O6. The Labute approximate surface area is 336 Å². The highest BCUT2D eigenvalue weighted by Crippen LogP contribution is 2.37. The standard InChI is InChI=1S/C33H37ClF3N11O4.C2HF3O2/c1-45-25(23-19-48(44-27(23)33(35,36)37)32-40-10-7-26(43-32)39-11-16-52-2)18-41-28(45)29(49)42-21-3-4-22(24(34)17-21)31(51)47-14-12-46(13-15-47)30(50)20-5-8-38-9-6-20;3-2(4,5)1(6)7/h3-4,7,10,17-20,38H,5-6,8-9,11-16H2,1-2H3,(H,42,49)(H,39,40,43);(H,6,7). The Morgan fingerprint density at radius 1 is 1.00 bits per heavy atom. The molecule has 2 aliphatic rings. The fourth-order valence-electron chi connectivity index (χ4n) is 6.16. The molecule has 0 spiro atoms. The van der Waals surface area contributed by atoms with Crippen LogP contribution in [0.2, 0.25) is 5.02 Å². The van der Waals surface area contributed by atoms with Crippen molar-refractivity contribution in [3.8, 4) is 17.2 Å². The van der Waals surface area contributed by atoms with E-state index in [1.807, 2.05) is 4.90 Å². The minimum atomic E-state index is -5.08. The summed E-state index contributed by atoms with van der Waals surface area (Å²) in [4.78, 5) is 64.3. The number of amides is 3. The quantitative estimate of drug-likeness (QED) is 0.132. The molecule has 0 unspecified atom stereocenters. The number of piperazine rings is 1. The summed E-state index contributed by atoms with van der Waals surface area (Å²) < 4.78 is 81.4. The summed E-state index contributed by atoms with van der Waals surface area (Å²) in [5.74, 6) is -3.58. The molecule has 0 bridgehead atoms. The molecule has 17 nitrogen and oxygen atoms in total. The fourth-order valence-corrected chi connectivity index (χ4v) is 6.42. The zero-order valence-electron chi connectivity index (χ0n) is 31.4. The van der Waals surface area contributed by atoms with Crippen LogP contribution in [0.25, 0.3) is 17.2 Å². The highest BCUT2D eigenvalue weighted by atomic mass is 35.5. The number of alkyl halides is 6. The second-order valence-electron chi connectivity index (χ2n) is 13.1. The van der Waals surface area contributed by atoms with Gasteiger partial charge < -0.3 is 40.2 Å². The predicted octanol–water partition coefficient (Wildman–Crippen LogP) is 3.96. The number of benzene rings is 1. The summed E-state index contributed by atoms with van der Waals surface area (Å²) in [5.41, 5.74) is -1.12. The minimum Gasteiger partial charge on any atom is -0.475 e. The first-order valence-corrected chi connectivity index (χ1v) is 18.2. The molecule has 0 saturated carbocycles. The number of hydrogen-bond acceptors (Lipinski definition) is 11. The van der Waals surface area contributed by atoms with Gasteiger partial charge in [0.05, 0.1) is 34.6 Å². The Kier molecular flexibility index (Phi) is 14.1. The van der Waals surface area contributed by atoms with Gasteiger partial charge in [0.2, 0.25) is 5.91 Å². The van der Waals surface area contributed by atoms with Gasteiger partial charge >= 0.3 is 18.3 Å². The number of rotatable bonds is 10. The summed E-state index contributed by atoms with van der Waals surface area (Å²) in [7, 11) is 2.94. The lowest BCUT2D eigenvalue weighted by atomic mass is 9.96. The third-order valence-corrected chi connectivity index (χ3v) is 9.49. The highest BCUT2D eigenvalue weighted by Gasteiger charge is 2.40. The Morgan fingerprint density at radius 2 is 1.66 bits per heavy atom. The zero-order chi connectivity index (χ0) is 43.1. The first-order valence-electron chi connectivity index (χ1n) is 17.8. The van der Waals surface area contributed by atoms with Crippen LogP contribution in [0.4, 0.5) is 37.8 Å². The maximum atomic E-state index is 14.2. The molecule has 0 atom stereocenters. The van der Waals surface area contributed by atoms with Crippen LogP contribution in [-0.2, 0) is 27.5 Å². The molecule has 5 heterocycles. The van der Waals surface area contributed by atoms with Crippen LogP contribution < -0.4 is 16.0 Å². The van der Waals surface area contributed by atoms with Gasteiger partial charge in [-0.05, 0) is 50.2 Å². The summed E-state index contributed by atoms with van der Waals surface area (Å²) in [6.07, 6.45) is -4.67.